The zero-order valence-electron chi connectivity index (χ0n) is 8.27. The van der Waals surface area contributed by atoms with Gasteiger partial charge < -0.3 is 5.32 Å². The van der Waals surface area contributed by atoms with Crippen LogP contribution in [0.1, 0.15) is 18.1 Å². The summed E-state index contributed by atoms with van der Waals surface area (Å²) < 4.78 is 26.1. The fraction of sp³-hybridized carbons (Fsp3) is 0.455. The molecule has 0 spiro atoms. The third-order valence-electron chi connectivity index (χ3n) is 2.63. The summed E-state index contributed by atoms with van der Waals surface area (Å²) in [6.45, 7) is 2.92. The van der Waals surface area contributed by atoms with Gasteiger partial charge in [0.25, 0.3) is 5.92 Å². The molecule has 0 saturated carbocycles. The molecule has 14 heavy (non-hydrogen) atoms. The number of fused-ring (bicyclic) bond motifs is 1. The molecule has 1 heterocycles. The van der Waals surface area contributed by atoms with Crippen LogP contribution in [0.4, 0.5) is 14.5 Å². The van der Waals surface area contributed by atoms with E-state index in [2.05, 4.69) is 5.32 Å². The topological polar surface area (TPSA) is 12.0 Å². The van der Waals surface area contributed by atoms with Crippen molar-refractivity contribution >= 4 is 5.69 Å². The molecule has 1 unspecified atom stereocenters. The molecule has 0 radical (unpaired) electrons. The monoisotopic (exact) mass is 197 g/mol. The second-order valence-corrected chi connectivity index (χ2v) is 4.02. The van der Waals surface area contributed by atoms with Gasteiger partial charge in [-0.1, -0.05) is 12.1 Å². The summed E-state index contributed by atoms with van der Waals surface area (Å²) in [5, 5.41) is 2.87. The Morgan fingerprint density at radius 1 is 1.43 bits per heavy atom. The third kappa shape index (κ3) is 1.59. The summed E-state index contributed by atoms with van der Waals surface area (Å²) >= 11 is 0. The standard InChI is InChI=1S/C11H13F2N/c1-7-3-4-8-6-10(11(2,12)13)14-9(8)5-7/h3-5,10,14H,6H2,1-2H3. The zero-order valence-corrected chi connectivity index (χ0v) is 8.27. The first-order valence-corrected chi connectivity index (χ1v) is 4.71. The first-order valence-electron chi connectivity index (χ1n) is 4.71. The minimum atomic E-state index is -2.66. The highest BCUT2D eigenvalue weighted by molar-refractivity contribution is 5.58. The Balaban J connectivity index is 2.26. The van der Waals surface area contributed by atoms with Gasteiger partial charge in [0.05, 0.1) is 6.04 Å². The summed E-state index contributed by atoms with van der Waals surface area (Å²) in [5.41, 5.74) is 2.94. The van der Waals surface area contributed by atoms with E-state index >= 15 is 0 Å². The van der Waals surface area contributed by atoms with Gasteiger partial charge in [-0.25, -0.2) is 8.78 Å². The van der Waals surface area contributed by atoms with Crippen molar-refractivity contribution in [1.82, 2.24) is 0 Å². The summed E-state index contributed by atoms with van der Waals surface area (Å²) in [6.07, 6.45) is 0.416. The van der Waals surface area contributed by atoms with Crippen LogP contribution in [-0.4, -0.2) is 12.0 Å². The molecule has 0 bridgehead atoms. The Morgan fingerprint density at radius 2 is 2.14 bits per heavy atom. The first-order chi connectivity index (χ1) is 6.47. The van der Waals surface area contributed by atoms with Gasteiger partial charge >= 0.3 is 0 Å². The number of hydrogen-bond acceptors (Lipinski definition) is 1. The number of anilines is 1. The fourth-order valence-corrected chi connectivity index (χ4v) is 1.77. The molecule has 0 fully saturated rings. The van der Waals surface area contributed by atoms with Crippen molar-refractivity contribution in [3.63, 3.8) is 0 Å². The van der Waals surface area contributed by atoms with E-state index in [1.807, 2.05) is 25.1 Å². The predicted molar refractivity (Wildman–Crippen MR) is 52.9 cm³/mol. The molecule has 1 atom stereocenters. The van der Waals surface area contributed by atoms with Crippen molar-refractivity contribution < 1.29 is 8.78 Å². The van der Waals surface area contributed by atoms with Crippen molar-refractivity contribution in [2.75, 3.05) is 5.32 Å². The molecule has 1 aromatic carbocycles. The van der Waals surface area contributed by atoms with E-state index in [9.17, 15) is 8.78 Å². The summed E-state index contributed by atoms with van der Waals surface area (Å²) in [6, 6.07) is 5.04. The lowest BCUT2D eigenvalue weighted by Crippen LogP contribution is -2.35. The third-order valence-corrected chi connectivity index (χ3v) is 2.63. The summed E-state index contributed by atoms with van der Waals surface area (Å²) in [7, 11) is 0. The van der Waals surface area contributed by atoms with Crippen LogP contribution in [0.15, 0.2) is 18.2 Å². The smallest absolute Gasteiger partial charge is 0.265 e. The van der Waals surface area contributed by atoms with Gasteiger partial charge in [-0.2, -0.15) is 0 Å². The van der Waals surface area contributed by atoms with E-state index < -0.39 is 12.0 Å². The Hall–Kier alpha value is -1.12. The molecule has 76 valence electrons. The highest BCUT2D eigenvalue weighted by Crippen LogP contribution is 2.33. The normalized spacial score (nSPS) is 20.4. The highest BCUT2D eigenvalue weighted by atomic mass is 19.3. The van der Waals surface area contributed by atoms with Crippen LogP contribution >= 0.6 is 0 Å². The van der Waals surface area contributed by atoms with E-state index in [4.69, 9.17) is 0 Å². The number of nitrogens with one attached hydrogen (secondary N) is 1. The number of alkyl halides is 2. The number of benzene rings is 1. The van der Waals surface area contributed by atoms with Crippen LogP contribution < -0.4 is 5.32 Å². The van der Waals surface area contributed by atoms with E-state index in [1.54, 1.807) is 0 Å². The van der Waals surface area contributed by atoms with Gasteiger partial charge in [0.2, 0.25) is 0 Å². The van der Waals surface area contributed by atoms with E-state index in [0.717, 1.165) is 23.7 Å². The molecular weight excluding hydrogens is 184 g/mol. The fourth-order valence-electron chi connectivity index (χ4n) is 1.77. The summed E-state index contributed by atoms with van der Waals surface area (Å²) in [4.78, 5) is 0. The number of aryl methyl sites for hydroxylation is 1. The Morgan fingerprint density at radius 3 is 2.79 bits per heavy atom. The van der Waals surface area contributed by atoms with E-state index in [-0.39, 0.29) is 0 Å². The van der Waals surface area contributed by atoms with Gasteiger partial charge in [0, 0.05) is 19.0 Å². The number of hydrogen-bond donors (Lipinski definition) is 1. The minimum absolute atomic E-state index is 0.416. The van der Waals surface area contributed by atoms with Crippen LogP contribution in [-0.2, 0) is 6.42 Å². The second kappa shape index (κ2) is 2.94. The van der Waals surface area contributed by atoms with Crippen molar-refractivity contribution in [1.29, 1.82) is 0 Å². The van der Waals surface area contributed by atoms with E-state index in [1.165, 1.54) is 0 Å². The number of halogens is 2. The molecule has 1 N–H and O–H groups in total. The second-order valence-electron chi connectivity index (χ2n) is 4.02. The molecule has 1 aliphatic heterocycles. The molecular formula is C11H13F2N. The van der Waals surface area contributed by atoms with Gasteiger partial charge in [-0.05, 0) is 24.1 Å². The van der Waals surface area contributed by atoms with Gasteiger partial charge in [-0.15, -0.1) is 0 Å². The average Bonchev–Trinajstić information content (AvgIpc) is 2.45. The quantitative estimate of drug-likeness (QED) is 0.729. The molecule has 1 nitrogen and oxygen atoms in total. The molecule has 0 aromatic heterocycles. The maximum atomic E-state index is 13.0. The summed E-state index contributed by atoms with van der Waals surface area (Å²) in [5.74, 6) is -2.66. The largest absolute Gasteiger partial charge is 0.376 e. The first kappa shape index (κ1) is 9.44. The van der Waals surface area contributed by atoms with Crippen LogP contribution in [0.25, 0.3) is 0 Å². The lowest BCUT2D eigenvalue weighted by Gasteiger charge is -2.18. The SMILES string of the molecule is Cc1ccc2c(c1)NC(C(C)(F)F)C2. The molecule has 2 rings (SSSR count). The van der Waals surface area contributed by atoms with Crippen LogP contribution in [0, 0.1) is 6.92 Å². The molecule has 0 saturated heterocycles. The molecule has 3 heteroatoms. The Kier molecular flexibility index (Phi) is 1.98. The van der Waals surface area contributed by atoms with E-state index in [0.29, 0.717) is 6.42 Å². The molecule has 1 aromatic rings. The maximum Gasteiger partial charge on any atom is 0.265 e. The molecule has 0 aliphatic carbocycles. The molecule has 1 aliphatic rings. The minimum Gasteiger partial charge on any atom is -0.376 e. The van der Waals surface area contributed by atoms with Crippen molar-refractivity contribution in [2.45, 2.75) is 32.2 Å². The number of rotatable bonds is 1. The lowest BCUT2D eigenvalue weighted by molar-refractivity contribution is 0.00371. The van der Waals surface area contributed by atoms with Crippen molar-refractivity contribution in [2.24, 2.45) is 0 Å². The van der Waals surface area contributed by atoms with Crippen LogP contribution in [0.5, 0.6) is 0 Å². The lowest BCUT2D eigenvalue weighted by atomic mass is 10.1. The van der Waals surface area contributed by atoms with Gasteiger partial charge in [-0.3, -0.25) is 0 Å². The Labute approximate surface area is 82.1 Å². The van der Waals surface area contributed by atoms with Crippen molar-refractivity contribution in [3.05, 3.63) is 29.3 Å². The zero-order chi connectivity index (χ0) is 10.3. The predicted octanol–water partition coefficient (Wildman–Crippen LogP) is 2.99. The maximum absolute atomic E-state index is 13.0. The highest BCUT2D eigenvalue weighted by Gasteiger charge is 2.38. The van der Waals surface area contributed by atoms with Crippen molar-refractivity contribution in [3.8, 4) is 0 Å². The van der Waals surface area contributed by atoms with Crippen LogP contribution in [0.2, 0.25) is 0 Å². The Bertz CT molecular complexity index is 355. The molecule has 0 amide bonds. The average molecular weight is 197 g/mol. The van der Waals surface area contributed by atoms with Crippen LogP contribution in [0.3, 0.4) is 0 Å². The van der Waals surface area contributed by atoms with Gasteiger partial charge in [0.15, 0.2) is 0 Å². The van der Waals surface area contributed by atoms with Gasteiger partial charge in [0.1, 0.15) is 0 Å².